The van der Waals surface area contributed by atoms with Crippen molar-refractivity contribution < 1.29 is 0 Å². The molecule has 0 bridgehead atoms. The molecular formula is C11H24N2S. The van der Waals surface area contributed by atoms with E-state index in [4.69, 9.17) is 0 Å². The lowest BCUT2D eigenvalue weighted by Gasteiger charge is -2.25. The van der Waals surface area contributed by atoms with Crippen LogP contribution in [0.2, 0.25) is 0 Å². The van der Waals surface area contributed by atoms with Crippen LogP contribution in [0.4, 0.5) is 0 Å². The van der Waals surface area contributed by atoms with Gasteiger partial charge in [-0.15, -0.1) is 11.8 Å². The Morgan fingerprint density at radius 1 is 1.50 bits per heavy atom. The van der Waals surface area contributed by atoms with E-state index in [0.29, 0.717) is 0 Å². The largest absolute Gasteiger partial charge is 0.365 e. The predicted molar refractivity (Wildman–Crippen MR) is 67.7 cm³/mol. The van der Waals surface area contributed by atoms with Gasteiger partial charge in [-0.3, -0.25) is 0 Å². The molecule has 0 aromatic carbocycles. The van der Waals surface area contributed by atoms with Crippen molar-refractivity contribution >= 4 is 11.8 Å². The second-order valence-corrected chi connectivity index (χ2v) is 4.29. The summed E-state index contributed by atoms with van der Waals surface area (Å²) in [4.78, 5) is 2.37. The maximum absolute atomic E-state index is 4.15. The van der Waals surface area contributed by atoms with Gasteiger partial charge in [0.25, 0.3) is 0 Å². The highest BCUT2D eigenvalue weighted by atomic mass is 32.2. The van der Waals surface area contributed by atoms with E-state index in [2.05, 4.69) is 30.0 Å². The standard InChI is InChI=1S/C11H24N2S/c1-5-6-7-11(2)13(10-14-4)9-8-12-3/h12H,2,5-10H2,1,3-4H3. The molecule has 0 rings (SSSR count). The third-order valence-corrected chi connectivity index (χ3v) is 2.75. The Kier molecular flexibility index (Phi) is 9.31. The number of allylic oxidation sites excluding steroid dienone is 1. The van der Waals surface area contributed by atoms with Crippen molar-refractivity contribution in [1.82, 2.24) is 10.2 Å². The van der Waals surface area contributed by atoms with E-state index in [1.807, 2.05) is 18.8 Å². The topological polar surface area (TPSA) is 15.3 Å². The van der Waals surface area contributed by atoms with Gasteiger partial charge < -0.3 is 10.2 Å². The van der Waals surface area contributed by atoms with Gasteiger partial charge >= 0.3 is 0 Å². The Labute approximate surface area is 93.1 Å². The number of nitrogens with one attached hydrogen (secondary N) is 1. The lowest BCUT2D eigenvalue weighted by atomic mass is 10.2. The number of unbranched alkanes of at least 4 members (excludes halogenated alkanes) is 1. The van der Waals surface area contributed by atoms with Gasteiger partial charge in [-0.2, -0.15) is 0 Å². The first-order chi connectivity index (χ1) is 6.76. The van der Waals surface area contributed by atoms with E-state index < -0.39 is 0 Å². The number of rotatable bonds is 9. The zero-order chi connectivity index (χ0) is 10.8. The summed E-state index contributed by atoms with van der Waals surface area (Å²) in [6.45, 7) is 8.47. The summed E-state index contributed by atoms with van der Waals surface area (Å²) in [6.07, 6.45) is 5.78. The highest BCUT2D eigenvalue weighted by Gasteiger charge is 2.05. The van der Waals surface area contributed by atoms with Gasteiger partial charge in [-0.25, -0.2) is 0 Å². The van der Waals surface area contributed by atoms with Gasteiger partial charge in [0.15, 0.2) is 0 Å². The number of thioether (sulfide) groups is 1. The fourth-order valence-corrected chi connectivity index (χ4v) is 1.88. The van der Waals surface area contributed by atoms with Gasteiger partial charge in [0, 0.05) is 18.8 Å². The van der Waals surface area contributed by atoms with Crippen LogP contribution in [-0.4, -0.2) is 37.2 Å². The Hall–Kier alpha value is -0.150. The van der Waals surface area contributed by atoms with Crippen LogP contribution < -0.4 is 5.32 Å². The first-order valence-corrected chi connectivity index (χ1v) is 6.71. The van der Waals surface area contributed by atoms with Gasteiger partial charge in [0.2, 0.25) is 0 Å². The molecule has 0 aliphatic rings. The lowest BCUT2D eigenvalue weighted by molar-refractivity contribution is 0.384. The number of hydrogen-bond donors (Lipinski definition) is 1. The van der Waals surface area contributed by atoms with E-state index in [1.165, 1.54) is 18.5 Å². The molecular weight excluding hydrogens is 192 g/mol. The molecule has 1 N–H and O–H groups in total. The molecule has 2 nitrogen and oxygen atoms in total. The highest BCUT2D eigenvalue weighted by Crippen LogP contribution is 2.13. The van der Waals surface area contributed by atoms with Crippen molar-refractivity contribution in [2.24, 2.45) is 0 Å². The molecule has 14 heavy (non-hydrogen) atoms. The van der Waals surface area contributed by atoms with Crippen LogP contribution >= 0.6 is 11.8 Å². The minimum atomic E-state index is 1.03. The second kappa shape index (κ2) is 9.41. The van der Waals surface area contributed by atoms with Crippen molar-refractivity contribution in [3.8, 4) is 0 Å². The molecule has 0 aliphatic heterocycles. The summed E-state index contributed by atoms with van der Waals surface area (Å²) in [7, 11) is 1.99. The molecule has 0 aliphatic carbocycles. The highest BCUT2D eigenvalue weighted by molar-refractivity contribution is 7.98. The van der Waals surface area contributed by atoms with Crippen LogP contribution in [0.25, 0.3) is 0 Å². The molecule has 0 saturated heterocycles. The Morgan fingerprint density at radius 2 is 2.21 bits per heavy atom. The molecule has 0 spiro atoms. The summed E-state index contributed by atoms with van der Waals surface area (Å²) in [6, 6.07) is 0. The van der Waals surface area contributed by atoms with Crippen LogP contribution in [-0.2, 0) is 0 Å². The molecule has 0 aromatic rings. The summed E-state index contributed by atoms with van der Waals surface area (Å²) < 4.78 is 0. The molecule has 0 atom stereocenters. The summed E-state index contributed by atoms with van der Waals surface area (Å²) in [5, 5.41) is 3.18. The number of likely N-dealkylation sites (N-methyl/N-ethyl adjacent to an activating group) is 1. The molecule has 0 unspecified atom stereocenters. The second-order valence-electron chi connectivity index (χ2n) is 3.45. The van der Waals surface area contributed by atoms with Crippen molar-refractivity contribution in [3.05, 3.63) is 12.3 Å². The number of hydrogen-bond acceptors (Lipinski definition) is 3. The van der Waals surface area contributed by atoms with E-state index in [9.17, 15) is 0 Å². The van der Waals surface area contributed by atoms with Crippen LogP contribution in [0.3, 0.4) is 0 Å². The van der Waals surface area contributed by atoms with Crippen LogP contribution in [0.15, 0.2) is 12.3 Å². The third-order valence-electron chi connectivity index (χ3n) is 2.18. The molecule has 0 heterocycles. The normalized spacial score (nSPS) is 10.2. The van der Waals surface area contributed by atoms with Gasteiger partial charge in [-0.05, 0) is 26.1 Å². The molecule has 0 saturated carbocycles. The summed E-state index contributed by atoms with van der Waals surface area (Å²) >= 11 is 1.86. The fraction of sp³-hybridized carbons (Fsp3) is 0.818. The zero-order valence-corrected chi connectivity index (χ0v) is 10.6. The van der Waals surface area contributed by atoms with Crippen molar-refractivity contribution in [2.75, 3.05) is 32.3 Å². The third kappa shape index (κ3) is 6.33. The zero-order valence-electron chi connectivity index (χ0n) is 9.81. The smallest absolute Gasteiger partial charge is 0.0634 e. The first kappa shape index (κ1) is 13.8. The van der Waals surface area contributed by atoms with E-state index in [0.717, 1.165) is 25.4 Å². The maximum atomic E-state index is 4.15. The molecule has 84 valence electrons. The SMILES string of the molecule is C=C(CCCC)N(CCNC)CSC. The summed E-state index contributed by atoms with van der Waals surface area (Å²) in [5.41, 5.74) is 1.29. The van der Waals surface area contributed by atoms with E-state index in [-0.39, 0.29) is 0 Å². The van der Waals surface area contributed by atoms with Crippen LogP contribution in [0.5, 0.6) is 0 Å². The Bertz CT molecular complexity index is 148. The molecule has 0 fully saturated rings. The average Bonchev–Trinajstić information content (AvgIpc) is 2.20. The predicted octanol–water partition coefficient (Wildman–Crippen LogP) is 2.53. The molecule has 0 amide bonds. The molecule has 0 aromatic heterocycles. The van der Waals surface area contributed by atoms with Crippen molar-refractivity contribution in [1.29, 1.82) is 0 Å². The van der Waals surface area contributed by atoms with Crippen molar-refractivity contribution in [2.45, 2.75) is 26.2 Å². The Balaban J connectivity index is 3.84. The monoisotopic (exact) mass is 216 g/mol. The fourth-order valence-electron chi connectivity index (χ4n) is 1.26. The van der Waals surface area contributed by atoms with Crippen LogP contribution in [0, 0.1) is 0 Å². The summed E-state index contributed by atoms with van der Waals surface area (Å²) in [5.74, 6) is 1.06. The van der Waals surface area contributed by atoms with Gasteiger partial charge in [-0.1, -0.05) is 19.9 Å². The minimum absolute atomic E-state index is 1.03. The lowest BCUT2D eigenvalue weighted by Crippen LogP contribution is -2.29. The number of nitrogens with zero attached hydrogens (tertiary/aromatic N) is 1. The van der Waals surface area contributed by atoms with E-state index in [1.54, 1.807) is 0 Å². The van der Waals surface area contributed by atoms with Gasteiger partial charge in [0.05, 0.1) is 5.88 Å². The van der Waals surface area contributed by atoms with Crippen LogP contribution in [0.1, 0.15) is 26.2 Å². The molecule has 3 heteroatoms. The minimum Gasteiger partial charge on any atom is -0.365 e. The maximum Gasteiger partial charge on any atom is 0.0634 e. The molecule has 0 radical (unpaired) electrons. The van der Waals surface area contributed by atoms with Crippen molar-refractivity contribution in [3.63, 3.8) is 0 Å². The average molecular weight is 216 g/mol. The first-order valence-electron chi connectivity index (χ1n) is 5.32. The Morgan fingerprint density at radius 3 is 2.71 bits per heavy atom. The van der Waals surface area contributed by atoms with Gasteiger partial charge in [0.1, 0.15) is 0 Å². The quantitative estimate of drug-likeness (QED) is 0.596. The van der Waals surface area contributed by atoms with E-state index >= 15 is 0 Å².